The van der Waals surface area contributed by atoms with E-state index < -0.39 is 6.04 Å². The number of rotatable bonds is 6. The number of nitrogens with two attached hydrogens (primary N) is 1. The largest absolute Gasteiger partial charge is 0.493 e. The van der Waals surface area contributed by atoms with E-state index in [-0.39, 0.29) is 11.8 Å². The Hall–Kier alpha value is -1.63. The van der Waals surface area contributed by atoms with Crippen molar-refractivity contribution in [1.82, 2.24) is 0 Å². The van der Waals surface area contributed by atoms with Gasteiger partial charge in [0.2, 0.25) is 5.91 Å². The number of amides is 1. The molecule has 0 bridgehead atoms. The minimum atomic E-state index is -0.508. The number of carbonyl (C=O) groups is 1. The maximum Gasteiger partial charge on any atom is 0.241 e. The highest BCUT2D eigenvalue weighted by Gasteiger charge is 2.26. The maximum atomic E-state index is 12.5. The fraction of sp³-hybridized carbons (Fsp3) is 0.650. The molecule has 6 nitrogen and oxygen atoms in total. The van der Waals surface area contributed by atoms with Crippen LogP contribution in [0.25, 0.3) is 0 Å². The van der Waals surface area contributed by atoms with E-state index in [0.29, 0.717) is 25.7 Å². The van der Waals surface area contributed by atoms with Gasteiger partial charge in [-0.1, -0.05) is 6.07 Å². The monoisotopic (exact) mass is 362 g/mol. The van der Waals surface area contributed by atoms with E-state index in [1.54, 1.807) is 0 Å². The lowest BCUT2D eigenvalue weighted by Crippen LogP contribution is -2.44. The minimum absolute atomic E-state index is 0.142. The third-order valence-electron chi connectivity index (χ3n) is 5.35. The van der Waals surface area contributed by atoms with Crippen molar-refractivity contribution < 1.29 is 19.0 Å². The van der Waals surface area contributed by atoms with Gasteiger partial charge in [-0.15, -0.1) is 0 Å². The summed E-state index contributed by atoms with van der Waals surface area (Å²) < 4.78 is 16.8. The van der Waals surface area contributed by atoms with Crippen LogP contribution in [0.4, 0.5) is 5.69 Å². The molecule has 1 aromatic rings. The molecule has 3 N–H and O–H groups in total. The number of anilines is 1. The Kier molecular flexibility index (Phi) is 6.88. The van der Waals surface area contributed by atoms with Crippen molar-refractivity contribution in [1.29, 1.82) is 0 Å². The highest BCUT2D eigenvalue weighted by atomic mass is 16.5. The summed E-state index contributed by atoms with van der Waals surface area (Å²) in [5.41, 5.74) is 7.94. The zero-order chi connectivity index (χ0) is 18.4. The first-order valence-corrected chi connectivity index (χ1v) is 9.59. The predicted molar refractivity (Wildman–Crippen MR) is 100 cm³/mol. The lowest BCUT2D eigenvalue weighted by atomic mass is 9.92. The van der Waals surface area contributed by atoms with Crippen molar-refractivity contribution >= 4 is 11.6 Å². The Morgan fingerprint density at radius 1 is 1.19 bits per heavy atom. The summed E-state index contributed by atoms with van der Waals surface area (Å²) in [5, 5.41) is 2.94. The molecule has 1 amide bonds. The third-order valence-corrected chi connectivity index (χ3v) is 5.35. The van der Waals surface area contributed by atoms with Crippen molar-refractivity contribution in [2.75, 3.05) is 38.4 Å². The van der Waals surface area contributed by atoms with Crippen molar-refractivity contribution in [3.8, 4) is 5.75 Å². The number of ether oxygens (including phenoxy) is 3. The van der Waals surface area contributed by atoms with Crippen LogP contribution in [-0.2, 0) is 14.3 Å². The lowest BCUT2D eigenvalue weighted by molar-refractivity contribution is -0.119. The molecule has 0 aromatic heterocycles. The van der Waals surface area contributed by atoms with Gasteiger partial charge in [0.15, 0.2) is 0 Å². The fourth-order valence-electron chi connectivity index (χ4n) is 3.47. The van der Waals surface area contributed by atoms with Crippen molar-refractivity contribution in [2.45, 2.75) is 38.6 Å². The zero-order valence-corrected chi connectivity index (χ0v) is 15.5. The summed E-state index contributed by atoms with van der Waals surface area (Å²) in [5.74, 6) is 1.38. The Labute approximate surface area is 155 Å². The fourth-order valence-corrected chi connectivity index (χ4v) is 3.47. The third kappa shape index (κ3) is 5.19. The molecule has 144 valence electrons. The Morgan fingerprint density at radius 3 is 2.54 bits per heavy atom. The molecule has 1 unspecified atom stereocenters. The van der Waals surface area contributed by atoms with E-state index in [1.807, 2.05) is 25.1 Å². The first-order chi connectivity index (χ1) is 12.6. The first-order valence-electron chi connectivity index (χ1n) is 9.59. The summed E-state index contributed by atoms with van der Waals surface area (Å²) in [6, 6.07) is 5.25. The van der Waals surface area contributed by atoms with Crippen LogP contribution >= 0.6 is 0 Å². The highest BCUT2D eigenvalue weighted by molar-refractivity contribution is 5.95. The van der Waals surface area contributed by atoms with Crippen molar-refractivity contribution in [2.24, 2.45) is 17.6 Å². The molecule has 0 spiro atoms. The molecule has 2 saturated heterocycles. The SMILES string of the molecule is Cc1ccc(NC(=O)C(N)C2CCOCC2)cc1OCC1CCOCC1. The van der Waals surface area contributed by atoms with E-state index >= 15 is 0 Å². The molecule has 2 fully saturated rings. The second-order valence-electron chi connectivity index (χ2n) is 7.31. The van der Waals surface area contributed by atoms with Gasteiger partial charge in [0.1, 0.15) is 5.75 Å². The van der Waals surface area contributed by atoms with Crippen LogP contribution < -0.4 is 15.8 Å². The van der Waals surface area contributed by atoms with Gasteiger partial charge in [-0.25, -0.2) is 0 Å². The summed E-state index contributed by atoms with van der Waals surface area (Å²) in [4.78, 5) is 12.5. The van der Waals surface area contributed by atoms with Crippen molar-refractivity contribution in [3.05, 3.63) is 23.8 Å². The minimum Gasteiger partial charge on any atom is -0.493 e. The summed E-state index contributed by atoms with van der Waals surface area (Å²) >= 11 is 0. The Bertz CT molecular complexity index is 595. The molecule has 2 aliphatic rings. The number of benzene rings is 1. The standard InChI is InChI=1S/C20H30N2O4/c1-14-2-3-17(12-18(14)26-13-15-4-8-24-9-5-15)22-20(23)19(21)16-6-10-25-11-7-16/h2-3,12,15-16,19H,4-11,13,21H2,1H3,(H,22,23). The Balaban J connectivity index is 1.56. The van der Waals surface area contributed by atoms with Crippen LogP contribution in [-0.4, -0.2) is 45.0 Å². The molecule has 0 radical (unpaired) electrons. The summed E-state index contributed by atoms with van der Waals surface area (Å²) in [6.45, 7) is 5.68. The molecule has 6 heteroatoms. The number of carbonyl (C=O) groups excluding carboxylic acids is 1. The van der Waals surface area contributed by atoms with Crippen LogP contribution in [0.5, 0.6) is 5.75 Å². The first kappa shape index (κ1) is 19.1. The summed E-state index contributed by atoms with van der Waals surface area (Å²) in [7, 11) is 0. The molecule has 0 saturated carbocycles. The van der Waals surface area contributed by atoms with E-state index in [0.717, 1.165) is 55.9 Å². The smallest absolute Gasteiger partial charge is 0.241 e. The molecule has 26 heavy (non-hydrogen) atoms. The van der Waals surface area contributed by atoms with E-state index in [4.69, 9.17) is 19.9 Å². The van der Waals surface area contributed by atoms with Gasteiger partial charge in [0, 0.05) is 38.2 Å². The molecule has 1 aromatic carbocycles. The van der Waals surface area contributed by atoms with Crippen LogP contribution in [0.3, 0.4) is 0 Å². The van der Waals surface area contributed by atoms with Gasteiger partial charge in [0.25, 0.3) is 0 Å². The van der Waals surface area contributed by atoms with E-state index in [9.17, 15) is 4.79 Å². The van der Waals surface area contributed by atoms with Gasteiger partial charge in [0.05, 0.1) is 12.6 Å². The molecule has 3 rings (SSSR count). The molecule has 2 aliphatic heterocycles. The zero-order valence-electron chi connectivity index (χ0n) is 15.5. The highest BCUT2D eigenvalue weighted by Crippen LogP contribution is 2.25. The molecular formula is C20H30N2O4. The second kappa shape index (κ2) is 9.35. The quantitative estimate of drug-likeness (QED) is 0.812. The average Bonchev–Trinajstić information content (AvgIpc) is 2.69. The van der Waals surface area contributed by atoms with E-state index in [1.165, 1.54) is 0 Å². The maximum absolute atomic E-state index is 12.5. The molecule has 0 aliphatic carbocycles. The number of aryl methyl sites for hydroxylation is 1. The topological polar surface area (TPSA) is 82.8 Å². The average molecular weight is 362 g/mol. The van der Waals surface area contributed by atoms with Gasteiger partial charge in [-0.05, 0) is 56.1 Å². The summed E-state index contributed by atoms with van der Waals surface area (Å²) in [6.07, 6.45) is 3.74. The normalized spacial score (nSPS) is 20.5. The lowest BCUT2D eigenvalue weighted by Gasteiger charge is -2.27. The van der Waals surface area contributed by atoms with Crippen LogP contribution in [0.15, 0.2) is 18.2 Å². The van der Waals surface area contributed by atoms with E-state index in [2.05, 4.69) is 5.32 Å². The van der Waals surface area contributed by atoms with Gasteiger partial charge in [-0.2, -0.15) is 0 Å². The van der Waals surface area contributed by atoms with Crippen molar-refractivity contribution in [3.63, 3.8) is 0 Å². The number of nitrogens with one attached hydrogen (secondary N) is 1. The van der Waals surface area contributed by atoms with Gasteiger partial charge < -0.3 is 25.3 Å². The molecule has 1 atom stereocenters. The number of hydrogen-bond donors (Lipinski definition) is 2. The molecular weight excluding hydrogens is 332 g/mol. The Morgan fingerprint density at radius 2 is 1.85 bits per heavy atom. The predicted octanol–water partition coefficient (Wildman–Crippen LogP) is 2.49. The van der Waals surface area contributed by atoms with Crippen LogP contribution in [0.2, 0.25) is 0 Å². The van der Waals surface area contributed by atoms with Gasteiger partial charge in [-0.3, -0.25) is 4.79 Å². The van der Waals surface area contributed by atoms with Crippen LogP contribution in [0.1, 0.15) is 31.2 Å². The molecule has 2 heterocycles. The van der Waals surface area contributed by atoms with Crippen LogP contribution in [0, 0.1) is 18.8 Å². The second-order valence-corrected chi connectivity index (χ2v) is 7.31. The number of hydrogen-bond acceptors (Lipinski definition) is 5. The van der Waals surface area contributed by atoms with Gasteiger partial charge >= 0.3 is 0 Å².